The van der Waals surface area contributed by atoms with Crippen LogP contribution >= 0.6 is 0 Å². The number of nitrogens with two attached hydrogens (primary N) is 1. The molecule has 0 spiro atoms. The van der Waals surface area contributed by atoms with Crippen molar-refractivity contribution in [3.63, 3.8) is 0 Å². The van der Waals surface area contributed by atoms with Gasteiger partial charge in [-0.25, -0.2) is 4.39 Å². The Bertz CT molecular complexity index is 488. The van der Waals surface area contributed by atoms with Gasteiger partial charge in [-0.3, -0.25) is 9.59 Å². The van der Waals surface area contributed by atoms with E-state index in [1.54, 1.807) is 6.92 Å². The first-order chi connectivity index (χ1) is 9.85. The van der Waals surface area contributed by atoms with Crippen LogP contribution in [0.1, 0.15) is 31.1 Å². The summed E-state index contributed by atoms with van der Waals surface area (Å²) in [5.41, 5.74) is 5.77. The Kier molecular flexibility index (Phi) is 6.30. The molecule has 0 bridgehead atoms. The van der Waals surface area contributed by atoms with Gasteiger partial charge >= 0.3 is 0 Å². The molecule has 6 heteroatoms. The lowest BCUT2D eigenvalue weighted by Gasteiger charge is -2.23. The summed E-state index contributed by atoms with van der Waals surface area (Å²) in [4.78, 5) is 24.2. The molecule has 0 heterocycles. The van der Waals surface area contributed by atoms with E-state index in [2.05, 4.69) is 10.6 Å². The number of hydrogen-bond donors (Lipinski definition) is 3. The van der Waals surface area contributed by atoms with E-state index in [9.17, 15) is 14.0 Å². The van der Waals surface area contributed by atoms with Crippen molar-refractivity contribution in [1.82, 2.24) is 10.6 Å². The Morgan fingerprint density at radius 2 is 1.71 bits per heavy atom. The van der Waals surface area contributed by atoms with Crippen LogP contribution in [-0.4, -0.2) is 30.4 Å². The molecule has 0 aliphatic carbocycles. The Hall–Kier alpha value is -1.95. The smallest absolute Gasteiger partial charge is 0.251 e. The molecule has 0 aromatic heterocycles. The molecule has 1 aromatic rings. The predicted molar refractivity (Wildman–Crippen MR) is 79.2 cm³/mol. The monoisotopic (exact) mass is 295 g/mol. The molecule has 4 N–H and O–H groups in total. The molecule has 0 aliphatic rings. The van der Waals surface area contributed by atoms with Crippen LogP contribution in [0.4, 0.5) is 4.39 Å². The van der Waals surface area contributed by atoms with Crippen molar-refractivity contribution in [3.8, 4) is 0 Å². The summed E-state index contributed by atoms with van der Waals surface area (Å²) in [5, 5.41) is 5.41. The SMILES string of the molecule is CC(C)C(NC(=O)c1ccc(F)cc1)C(=O)N[C@@H](C)CN. The first-order valence-electron chi connectivity index (χ1n) is 6.92. The van der Waals surface area contributed by atoms with Gasteiger partial charge in [-0.05, 0) is 37.1 Å². The van der Waals surface area contributed by atoms with Gasteiger partial charge in [0.05, 0.1) is 0 Å². The normalized spacial score (nSPS) is 13.6. The fourth-order valence-corrected chi connectivity index (χ4v) is 1.75. The van der Waals surface area contributed by atoms with Crippen molar-refractivity contribution in [1.29, 1.82) is 0 Å². The molecule has 2 atom stereocenters. The molecule has 0 aliphatic heterocycles. The van der Waals surface area contributed by atoms with Gasteiger partial charge in [0.1, 0.15) is 11.9 Å². The zero-order valence-corrected chi connectivity index (χ0v) is 12.5. The quantitative estimate of drug-likeness (QED) is 0.733. The maximum Gasteiger partial charge on any atom is 0.251 e. The van der Waals surface area contributed by atoms with E-state index >= 15 is 0 Å². The summed E-state index contributed by atoms with van der Waals surface area (Å²) in [6.45, 7) is 5.78. The summed E-state index contributed by atoms with van der Waals surface area (Å²) < 4.78 is 12.8. The van der Waals surface area contributed by atoms with E-state index in [-0.39, 0.29) is 17.9 Å². The second kappa shape index (κ2) is 7.73. The predicted octanol–water partition coefficient (Wildman–Crippen LogP) is 1.04. The topological polar surface area (TPSA) is 84.2 Å². The number of carbonyl (C=O) groups is 2. The number of halogens is 1. The first-order valence-corrected chi connectivity index (χ1v) is 6.92. The van der Waals surface area contributed by atoms with Crippen LogP contribution in [0.15, 0.2) is 24.3 Å². The second-order valence-corrected chi connectivity index (χ2v) is 5.35. The van der Waals surface area contributed by atoms with Crippen LogP contribution in [0.3, 0.4) is 0 Å². The van der Waals surface area contributed by atoms with Gasteiger partial charge in [-0.15, -0.1) is 0 Å². The molecule has 116 valence electrons. The number of hydrogen-bond acceptors (Lipinski definition) is 3. The van der Waals surface area contributed by atoms with Crippen molar-refractivity contribution in [2.75, 3.05) is 6.54 Å². The highest BCUT2D eigenvalue weighted by Gasteiger charge is 2.25. The minimum absolute atomic E-state index is 0.0839. The highest BCUT2D eigenvalue weighted by Crippen LogP contribution is 2.07. The van der Waals surface area contributed by atoms with Crippen molar-refractivity contribution in [2.45, 2.75) is 32.9 Å². The van der Waals surface area contributed by atoms with E-state index in [0.717, 1.165) is 0 Å². The average molecular weight is 295 g/mol. The third kappa shape index (κ3) is 5.15. The summed E-state index contributed by atoms with van der Waals surface area (Å²) in [5.74, 6) is -1.19. The summed E-state index contributed by atoms with van der Waals surface area (Å²) >= 11 is 0. The van der Waals surface area contributed by atoms with Crippen LogP contribution < -0.4 is 16.4 Å². The van der Waals surface area contributed by atoms with Gasteiger partial charge in [0.15, 0.2) is 0 Å². The summed E-state index contributed by atoms with van der Waals surface area (Å²) in [6.07, 6.45) is 0. The lowest BCUT2D eigenvalue weighted by molar-refractivity contribution is -0.124. The molecule has 2 amide bonds. The number of nitrogens with one attached hydrogen (secondary N) is 2. The van der Waals surface area contributed by atoms with E-state index in [1.165, 1.54) is 24.3 Å². The molecule has 0 saturated heterocycles. The van der Waals surface area contributed by atoms with Crippen LogP contribution in [0.25, 0.3) is 0 Å². The van der Waals surface area contributed by atoms with E-state index in [0.29, 0.717) is 12.1 Å². The minimum Gasteiger partial charge on any atom is -0.351 e. The van der Waals surface area contributed by atoms with Crippen molar-refractivity contribution in [3.05, 3.63) is 35.6 Å². The van der Waals surface area contributed by atoms with Gasteiger partial charge < -0.3 is 16.4 Å². The molecule has 1 rings (SSSR count). The first kappa shape index (κ1) is 17.1. The summed E-state index contributed by atoms with van der Waals surface area (Å²) in [6, 6.07) is 4.33. The molecule has 1 aromatic carbocycles. The fourth-order valence-electron chi connectivity index (χ4n) is 1.75. The molecule has 0 radical (unpaired) electrons. The van der Waals surface area contributed by atoms with E-state index < -0.39 is 17.8 Å². The highest BCUT2D eigenvalue weighted by molar-refractivity contribution is 5.97. The maximum absolute atomic E-state index is 12.8. The van der Waals surface area contributed by atoms with Gasteiger partial charge in [-0.2, -0.15) is 0 Å². The third-order valence-electron chi connectivity index (χ3n) is 3.08. The molecule has 21 heavy (non-hydrogen) atoms. The minimum atomic E-state index is -0.670. The zero-order valence-electron chi connectivity index (χ0n) is 12.5. The molecular weight excluding hydrogens is 273 g/mol. The molecular formula is C15H22FN3O2. The largest absolute Gasteiger partial charge is 0.351 e. The van der Waals surface area contributed by atoms with E-state index in [1.807, 2.05) is 13.8 Å². The van der Waals surface area contributed by atoms with Crippen LogP contribution in [0, 0.1) is 11.7 Å². The lowest BCUT2D eigenvalue weighted by Crippen LogP contribution is -2.52. The number of benzene rings is 1. The molecule has 0 saturated carbocycles. The standard InChI is InChI=1S/C15H22FN3O2/c1-9(2)13(15(21)18-10(3)8-17)19-14(20)11-4-6-12(16)7-5-11/h4-7,9-10,13H,8,17H2,1-3H3,(H,18,21)(H,19,20)/t10-,13?/m0/s1. The van der Waals surface area contributed by atoms with Gasteiger partial charge in [0.25, 0.3) is 5.91 Å². The Morgan fingerprint density at radius 1 is 1.14 bits per heavy atom. The molecule has 0 fully saturated rings. The second-order valence-electron chi connectivity index (χ2n) is 5.35. The van der Waals surface area contributed by atoms with Crippen LogP contribution in [0.2, 0.25) is 0 Å². The van der Waals surface area contributed by atoms with Gasteiger partial charge in [0.2, 0.25) is 5.91 Å². The zero-order chi connectivity index (χ0) is 16.0. The lowest BCUT2D eigenvalue weighted by atomic mass is 10.0. The Labute approximate surface area is 124 Å². The molecule has 1 unspecified atom stereocenters. The Balaban J connectivity index is 2.76. The third-order valence-corrected chi connectivity index (χ3v) is 3.08. The summed E-state index contributed by atoms with van der Waals surface area (Å²) in [7, 11) is 0. The highest BCUT2D eigenvalue weighted by atomic mass is 19.1. The van der Waals surface area contributed by atoms with Crippen molar-refractivity contribution < 1.29 is 14.0 Å². The van der Waals surface area contributed by atoms with Crippen molar-refractivity contribution >= 4 is 11.8 Å². The van der Waals surface area contributed by atoms with Gasteiger partial charge in [0, 0.05) is 18.2 Å². The van der Waals surface area contributed by atoms with E-state index in [4.69, 9.17) is 5.73 Å². The van der Waals surface area contributed by atoms with Crippen LogP contribution in [0.5, 0.6) is 0 Å². The molecule has 5 nitrogen and oxygen atoms in total. The van der Waals surface area contributed by atoms with Crippen LogP contribution in [-0.2, 0) is 4.79 Å². The Morgan fingerprint density at radius 3 is 2.19 bits per heavy atom. The average Bonchev–Trinajstić information content (AvgIpc) is 2.44. The fraction of sp³-hybridized carbons (Fsp3) is 0.467. The number of rotatable bonds is 6. The number of amides is 2. The van der Waals surface area contributed by atoms with Gasteiger partial charge in [-0.1, -0.05) is 13.8 Å². The van der Waals surface area contributed by atoms with Crippen molar-refractivity contribution in [2.24, 2.45) is 11.7 Å². The number of carbonyl (C=O) groups excluding carboxylic acids is 2. The maximum atomic E-state index is 12.8.